The summed E-state index contributed by atoms with van der Waals surface area (Å²) in [5.74, 6) is 0.265. The molecule has 0 fully saturated rings. The first-order chi connectivity index (χ1) is 10.2. The number of anilines is 1. The van der Waals surface area contributed by atoms with Gasteiger partial charge in [0.15, 0.2) is 5.13 Å². The lowest BCUT2D eigenvalue weighted by Crippen LogP contribution is -2.27. The number of ether oxygens (including phenoxy) is 1. The van der Waals surface area contributed by atoms with E-state index in [1.807, 2.05) is 6.07 Å². The summed E-state index contributed by atoms with van der Waals surface area (Å²) in [6.45, 7) is 7.06. The molecule has 2 rings (SSSR count). The molecule has 0 aliphatic rings. The van der Waals surface area contributed by atoms with Crippen molar-refractivity contribution in [3.8, 4) is 5.75 Å². The van der Waals surface area contributed by atoms with E-state index < -0.39 is 19.0 Å². The summed E-state index contributed by atoms with van der Waals surface area (Å²) in [4.78, 5) is 16.0. The third-order valence-electron chi connectivity index (χ3n) is 2.54. The smallest absolute Gasteiger partial charge is 0.510 e. The molecule has 22 heavy (non-hydrogen) atoms. The highest BCUT2D eigenvalue weighted by molar-refractivity contribution is 7.22. The minimum absolute atomic E-state index is 0.265. The number of hydrogen-bond acceptors (Lipinski definition) is 7. The van der Waals surface area contributed by atoms with Crippen molar-refractivity contribution >= 4 is 40.1 Å². The number of fused-ring (bicyclic) bond motifs is 1. The molecule has 118 valence electrons. The second-order valence-corrected chi connectivity index (χ2v) is 6.68. The number of thiazole rings is 1. The van der Waals surface area contributed by atoms with E-state index in [0.29, 0.717) is 16.2 Å². The van der Waals surface area contributed by atoms with Crippen molar-refractivity contribution in [1.82, 2.24) is 4.98 Å². The second kappa shape index (κ2) is 6.11. The van der Waals surface area contributed by atoms with Gasteiger partial charge < -0.3 is 19.4 Å². The van der Waals surface area contributed by atoms with Crippen LogP contribution in [0.25, 0.3) is 10.2 Å². The van der Waals surface area contributed by atoms with E-state index in [-0.39, 0.29) is 5.75 Å². The van der Waals surface area contributed by atoms with Gasteiger partial charge in [-0.3, -0.25) is 5.32 Å². The van der Waals surface area contributed by atoms with Crippen molar-refractivity contribution in [2.24, 2.45) is 0 Å². The third kappa shape index (κ3) is 4.09. The first kappa shape index (κ1) is 16.5. The molecule has 7 nitrogen and oxygen atoms in total. The van der Waals surface area contributed by atoms with E-state index in [0.717, 1.165) is 4.70 Å². The molecule has 0 bridgehead atoms. The normalized spacial score (nSPS) is 11.4. The van der Waals surface area contributed by atoms with Gasteiger partial charge in [0, 0.05) is 0 Å². The SMILES string of the molecule is Cc1ccc2sc(NC(=O)OC(C)(C)C)nc2c1OB(O)O. The van der Waals surface area contributed by atoms with E-state index in [2.05, 4.69) is 10.3 Å². The molecule has 0 radical (unpaired) electrons. The molecule has 1 heterocycles. The highest BCUT2D eigenvalue weighted by Crippen LogP contribution is 2.35. The number of nitrogens with zero attached hydrogens (tertiary/aromatic N) is 1. The first-order valence-electron chi connectivity index (χ1n) is 6.58. The van der Waals surface area contributed by atoms with Crippen molar-refractivity contribution in [1.29, 1.82) is 0 Å². The van der Waals surface area contributed by atoms with Crippen LogP contribution in [-0.2, 0) is 4.74 Å². The molecule has 0 unspecified atom stereocenters. The molecule has 1 aromatic heterocycles. The number of rotatable bonds is 3. The van der Waals surface area contributed by atoms with Crippen LogP contribution in [0.5, 0.6) is 5.75 Å². The van der Waals surface area contributed by atoms with Gasteiger partial charge in [-0.1, -0.05) is 17.4 Å². The lowest BCUT2D eigenvalue weighted by atomic mass is 10.1. The number of aromatic nitrogens is 1. The van der Waals surface area contributed by atoms with E-state index >= 15 is 0 Å². The summed E-state index contributed by atoms with van der Waals surface area (Å²) in [5, 5.41) is 20.9. The fraction of sp³-hybridized carbons (Fsp3) is 0.385. The van der Waals surface area contributed by atoms with Gasteiger partial charge in [0.2, 0.25) is 0 Å². The zero-order valence-corrected chi connectivity index (χ0v) is 13.5. The van der Waals surface area contributed by atoms with Crippen LogP contribution in [0, 0.1) is 6.92 Å². The molecule has 0 aliphatic carbocycles. The van der Waals surface area contributed by atoms with Crippen molar-refractivity contribution in [3.63, 3.8) is 0 Å². The van der Waals surface area contributed by atoms with Crippen LogP contribution in [0.3, 0.4) is 0 Å². The van der Waals surface area contributed by atoms with E-state index in [4.69, 9.17) is 19.4 Å². The Bertz CT molecular complexity index is 696. The fourth-order valence-electron chi connectivity index (χ4n) is 1.77. The van der Waals surface area contributed by atoms with Crippen LogP contribution in [-0.4, -0.2) is 34.0 Å². The molecule has 9 heteroatoms. The number of carbonyl (C=O) groups is 1. The van der Waals surface area contributed by atoms with Crippen LogP contribution >= 0.6 is 11.3 Å². The monoisotopic (exact) mass is 324 g/mol. The van der Waals surface area contributed by atoms with Crippen molar-refractivity contribution < 1.29 is 24.2 Å². The Balaban J connectivity index is 2.29. The van der Waals surface area contributed by atoms with Gasteiger partial charge >= 0.3 is 13.4 Å². The van der Waals surface area contributed by atoms with Crippen molar-refractivity contribution in [2.45, 2.75) is 33.3 Å². The Morgan fingerprint density at radius 1 is 1.36 bits per heavy atom. The summed E-state index contributed by atoms with van der Waals surface area (Å²) >= 11 is 1.24. The molecule has 1 amide bonds. The zero-order chi connectivity index (χ0) is 16.5. The number of benzene rings is 1. The van der Waals surface area contributed by atoms with Crippen molar-refractivity contribution in [3.05, 3.63) is 17.7 Å². The van der Waals surface area contributed by atoms with Gasteiger partial charge in [-0.2, -0.15) is 0 Å². The molecule has 0 saturated heterocycles. The molecule has 0 saturated carbocycles. The third-order valence-corrected chi connectivity index (χ3v) is 3.48. The summed E-state index contributed by atoms with van der Waals surface area (Å²) in [6.07, 6.45) is -0.604. The van der Waals surface area contributed by atoms with E-state index in [1.54, 1.807) is 33.8 Å². The van der Waals surface area contributed by atoms with Gasteiger partial charge in [-0.05, 0) is 39.3 Å². The van der Waals surface area contributed by atoms with Crippen LogP contribution in [0.2, 0.25) is 0 Å². The summed E-state index contributed by atoms with van der Waals surface area (Å²) in [7, 11) is -1.94. The predicted molar refractivity (Wildman–Crippen MR) is 85.0 cm³/mol. The maximum atomic E-state index is 11.8. The molecule has 0 aliphatic heterocycles. The summed E-state index contributed by atoms with van der Waals surface area (Å²) in [5.41, 5.74) is 0.547. The fourth-order valence-corrected chi connectivity index (χ4v) is 2.62. The van der Waals surface area contributed by atoms with Gasteiger partial charge in [-0.15, -0.1) is 0 Å². The standard InChI is InChI=1S/C13H17BN2O5S/c1-7-5-6-8-9(10(7)21-14(18)19)15-11(22-8)16-12(17)20-13(2,3)4/h5-6,18-19H,1-4H3,(H,15,16,17). The Morgan fingerprint density at radius 2 is 2.05 bits per heavy atom. The Morgan fingerprint density at radius 3 is 2.64 bits per heavy atom. The van der Waals surface area contributed by atoms with E-state index in [9.17, 15) is 4.79 Å². The maximum Gasteiger partial charge on any atom is 0.707 e. The van der Waals surface area contributed by atoms with Crippen LogP contribution < -0.4 is 9.97 Å². The largest absolute Gasteiger partial charge is 0.707 e. The molecule has 2 aromatic rings. The van der Waals surface area contributed by atoms with E-state index in [1.165, 1.54) is 11.3 Å². The average Bonchev–Trinajstić information content (AvgIpc) is 2.72. The number of hydrogen-bond donors (Lipinski definition) is 3. The quantitative estimate of drug-likeness (QED) is 0.749. The molecular weight excluding hydrogens is 307 g/mol. The highest BCUT2D eigenvalue weighted by atomic mass is 32.1. The van der Waals surface area contributed by atoms with Gasteiger partial charge in [0.1, 0.15) is 16.9 Å². The van der Waals surface area contributed by atoms with Crippen LogP contribution in [0.15, 0.2) is 12.1 Å². The van der Waals surface area contributed by atoms with Gasteiger partial charge in [0.25, 0.3) is 0 Å². The molecule has 0 spiro atoms. The van der Waals surface area contributed by atoms with Gasteiger partial charge in [-0.25, -0.2) is 9.78 Å². The Kier molecular flexibility index (Phi) is 4.59. The maximum absolute atomic E-state index is 11.8. The summed E-state index contributed by atoms with van der Waals surface area (Å²) in [6, 6.07) is 3.59. The highest BCUT2D eigenvalue weighted by Gasteiger charge is 2.20. The van der Waals surface area contributed by atoms with Gasteiger partial charge in [0.05, 0.1) is 4.70 Å². The average molecular weight is 324 g/mol. The van der Waals surface area contributed by atoms with Crippen LogP contribution in [0.4, 0.5) is 9.93 Å². The number of nitrogens with one attached hydrogen (secondary N) is 1. The topological polar surface area (TPSA) is 101 Å². The van der Waals surface area contributed by atoms with Crippen LogP contribution in [0.1, 0.15) is 26.3 Å². The number of aryl methyl sites for hydroxylation is 1. The Labute approximate surface area is 132 Å². The minimum Gasteiger partial charge on any atom is -0.510 e. The van der Waals surface area contributed by atoms with Crippen molar-refractivity contribution in [2.75, 3.05) is 5.32 Å². The zero-order valence-electron chi connectivity index (χ0n) is 12.7. The Hall–Kier alpha value is -1.84. The molecule has 1 aromatic carbocycles. The molecular formula is C13H17BN2O5S. The molecule has 0 atom stereocenters. The minimum atomic E-state index is -1.94. The summed E-state index contributed by atoms with van der Waals surface area (Å²) < 4.78 is 10.9. The first-order valence-corrected chi connectivity index (χ1v) is 7.40. The lowest BCUT2D eigenvalue weighted by Gasteiger charge is -2.18. The predicted octanol–water partition coefficient (Wildman–Crippen LogP) is 2.30. The lowest BCUT2D eigenvalue weighted by molar-refractivity contribution is 0.0636. The number of carbonyl (C=O) groups excluding carboxylic acids is 1. The molecule has 3 N–H and O–H groups in total. The number of amides is 1. The second-order valence-electron chi connectivity index (χ2n) is 5.65.